The van der Waals surface area contributed by atoms with Crippen molar-refractivity contribution < 1.29 is 14.9 Å². The van der Waals surface area contributed by atoms with Crippen molar-refractivity contribution in [1.82, 2.24) is 0 Å². The van der Waals surface area contributed by atoms with Crippen LogP contribution in [-0.2, 0) is 4.74 Å². The minimum absolute atomic E-state index is 0.125. The summed E-state index contributed by atoms with van der Waals surface area (Å²) in [4.78, 5) is 0. The second kappa shape index (κ2) is 11.0. The van der Waals surface area contributed by atoms with E-state index in [2.05, 4.69) is 6.92 Å². The zero-order chi connectivity index (χ0) is 10.6. The minimum atomic E-state index is -0.125. The zero-order valence-corrected chi connectivity index (χ0v) is 9.24. The molecule has 86 valence electrons. The Morgan fingerprint density at radius 1 is 1.00 bits per heavy atom. The fraction of sp³-hybridized carbons (Fsp3) is 1.00. The third kappa shape index (κ3) is 9.96. The molecule has 0 aromatic rings. The summed E-state index contributed by atoms with van der Waals surface area (Å²) in [6.45, 7) is 4.06. The minimum Gasteiger partial charge on any atom is -0.394 e. The van der Waals surface area contributed by atoms with Crippen molar-refractivity contribution in [1.29, 1.82) is 0 Å². The maximum Gasteiger partial charge on any atom is 0.0662 e. The molecular formula is C11H24O3. The lowest BCUT2D eigenvalue weighted by Gasteiger charge is -2.07. The highest BCUT2D eigenvalue weighted by Crippen LogP contribution is 2.14. The van der Waals surface area contributed by atoms with Gasteiger partial charge in [0.15, 0.2) is 0 Å². The molecular weight excluding hydrogens is 180 g/mol. The summed E-state index contributed by atoms with van der Waals surface area (Å²) < 4.78 is 5.42. The van der Waals surface area contributed by atoms with E-state index in [1.807, 2.05) is 0 Å². The number of ether oxygens (including phenoxy) is 1. The van der Waals surface area contributed by atoms with Gasteiger partial charge in [-0.15, -0.1) is 0 Å². The fourth-order valence-electron chi connectivity index (χ4n) is 1.40. The van der Waals surface area contributed by atoms with Gasteiger partial charge in [0, 0.05) is 13.2 Å². The summed E-state index contributed by atoms with van der Waals surface area (Å²) in [5.74, 6) is 0.887. The maximum atomic E-state index is 7.62. The Balaban J connectivity index is 0.000000364. The summed E-state index contributed by atoms with van der Waals surface area (Å²) in [6.07, 6.45) is 6.71. The topological polar surface area (TPSA) is 49.7 Å². The molecule has 0 radical (unpaired) electrons. The van der Waals surface area contributed by atoms with Gasteiger partial charge in [0.05, 0.1) is 13.2 Å². The van der Waals surface area contributed by atoms with Crippen LogP contribution in [-0.4, -0.2) is 36.6 Å². The van der Waals surface area contributed by atoms with Crippen LogP contribution in [0.4, 0.5) is 0 Å². The summed E-state index contributed by atoms with van der Waals surface area (Å²) in [5, 5.41) is 15.2. The Labute approximate surface area is 87.1 Å². The number of hydrogen-bond acceptors (Lipinski definition) is 3. The first-order valence-corrected chi connectivity index (χ1v) is 5.60. The maximum absolute atomic E-state index is 7.62. The third-order valence-corrected chi connectivity index (χ3v) is 2.34. The van der Waals surface area contributed by atoms with Crippen LogP contribution >= 0.6 is 0 Å². The second-order valence-electron chi connectivity index (χ2n) is 3.80. The molecule has 0 aromatic carbocycles. The molecule has 0 spiro atoms. The lowest BCUT2D eigenvalue weighted by molar-refractivity contribution is 0.124. The number of hydrogen-bond donors (Lipinski definition) is 2. The standard InChI is InChI=1S/C9H18O.C2H6O2/c1-9-5-3-2-4-7-10-8-6-9;3-1-2-4/h9H,2-8H2,1H3;3-4H,1-2H2. The largest absolute Gasteiger partial charge is 0.394 e. The second-order valence-corrected chi connectivity index (χ2v) is 3.80. The molecule has 0 aromatic heterocycles. The molecule has 1 unspecified atom stereocenters. The first-order valence-electron chi connectivity index (χ1n) is 5.60. The smallest absolute Gasteiger partial charge is 0.0662 e. The van der Waals surface area contributed by atoms with E-state index in [0.717, 1.165) is 19.1 Å². The van der Waals surface area contributed by atoms with E-state index in [4.69, 9.17) is 14.9 Å². The van der Waals surface area contributed by atoms with Crippen molar-refractivity contribution in [2.75, 3.05) is 26.4 Å². The number of rotatable bonds is 1. The molecule has 0 saturated carbocycles. The molecule has 2 N–H and O–H groups in total. The summed E-state index contributed by atoms with van der Waals surface area (Å²) in [6, 6.07) is 0. The van der Waals surface area contributed by atoms with Crippen LogP contribution in [0, 0.1) is 5.92 Å². The van der Waals surface area contributed by atoms with Gasteiger partial charge in [-0.3, -0.25) is 0 Å². The summed E-state index contributed by atoms with van der Waals surface area (Å²) >= 11 is 0. The molecule has 1 heterocycles. The molecule has 1 saturated heterocycles. The average molecular weight is 204 g/mol. The molecule has 1 atom stereocenters. The van der Waals surface area contributed by atoms with Gasteiger partial charge in [-0.05, 0) is 18.8 Å². The molecule has 0 amide bonds. The van der Waals surface area contributed by atoms with Gasteiger partial charge >= 0.3 is 0 Å². The van der Waals surface area contributed by atoms with Gasteiger partial charge in [0.1, 0.15) is 0 Å². The summed E-state index contributed by atoms with van der Waals surface area (Å²) in [7, 11) is 0. The Kier molecular flexibility index (Phi) is 10.9. The molecule has 1 fully saturated rings. The molecule has 1 rings (SSSR count). The van der Waals surface area contributed by atoms with E-state index in [0.29, 0.717) is 0 Å². The van der Waals surface area contributed by atoms with Crippen molar-refractivity contribution in [3.8, 4) is 0 Å². The van der Waals surface area contributed by atoms with E-state index in [1.165, 1.54) is 32.1 Å². The molecule has 0 bridgehead atoms. The van der Waals surface area contributed by atoms with Crippen LogP contribution in [0.2, 0.25) is 0 Å². The third-order valence-electron chi connectivity index (χ3n) is 2.34. The SMILES string of the molecule is CC1CCCCCOCC1.OCCO. The van der Waals surface area contributed by atoms with Gasteiger partial charge in [-0.1, -0.05) is 26.2 Å². The predicted molar refractivity (Wildman–Crippen MR) is 57.2 cm³/mol. The Hall–Kier alpha value is -0.120. The van der Waals surface area contributed by atoms with Gasteiger partial charge in [-0.25, -0.2) is 0 Å². The highest BCUT2D eigenvalue weighted by molar-refractivity contribution is 4.55. The molecule has 1 aliphatic heterocycles. The molecule has 3 nitrogen and oxygen atoms in total. The van der Waals surface area contributed by atoms with Crippen molar-refractivity contribution in [3.05, 3.63) is 0 Å². The first kappa shape index (κ1) is 13.9. The number of aliphatic hydroxyl groups is 2. The quantitative estimate of drug-likeness (QED) is 0.681. The highest BCUT2D eigenvalue weighted by atomic mass is 16.5. The normalized spacial score (nSPS) is 23.8. The molecule has 14 heavy (non-hydrogen) atoms. The van der Waals surface area contributed by atoms with Crippen LogP contribution in [0.25, 0.3) is 0 Å². The van der Waals surface area contributed by atoms with E-state index in [9.17, 15) is 0 Å². The summed E-state index contributed by atoms with van der Waals surface area (Å²) in [5.41, 5.74) is 0. The molecule has 0 aliphatic carbocycles. The van der Waals surface area contributed by atoms with E-state index < -0.39 is 0 Å². The van der Waals surface area contributed by atoms with Crippen molar-refractivity contribution in [2.45, 2.75) is 39.0 Å². The first-order chi connectivity index (χ1) is 6.81. The van der Waals surface area contributed by atoms with Crippen LogP contribution in [0.1, 0.15) is 39.0 Å². The fourth-order valence-corrected chi connectivity index (χ4v) is 1.40. The lowest BCUT2D eigenvalue weighted by Crippen LogP contribution is -1.99. The Bertz CT molecular complexity index is 94.7. The van der Waals surface area contributed by atoms with Crippen LogP contribution in [0.5, 0.6) is 0 Å². The number of aliphatic hydroxyl groups excluding tert-OH is 2. The van der Waals surface area contributed by atoms with E-state index in [-0.39, 0.29) is 13.2 Å². The van der Waals surface area contributed by atoms with Gasteiger partial charge in [0.25, 0.3) is 0 Å². The molecule has 3 heteroatoms. The zero-order valence-electron chi connectivity index (χ0n) is 9.24. The predicted octanol–water partition coefficient (Wildman–Crippen LogP) is 1.57. The van der Waals surface area contributed by atoms with Crippen molar-refractivity contribution in [3.63, 3.8) is 0 Å². The monoisotopic (exact) mass is 204 g/mol. The van der Waals surface area contributed by atoms with Gasteiger partial charge in [0.2, 0.25) is 0 Å². The Morgan fingerprint density at radius 3 is 2.36 bits per heavy atom. The van der Waals surface area contributed by atoms with E-state index >= 15 is 0 Å². The van der Waals surface area contributed by atoms with Crippen LogP contribution < -0.4 is 0 Å². The molecule has 1 aliphatic rings. The Morgan fingerprint density at radius 2 is 1.71 bits per heavy atom. The van der Waals surface area contributed by atoms with Crippen molar-refractivity contribution in [2.24, 2.45) is 5.92 Å². The highest BCUT2D eigenvalue weighted by Gasteiger charge is 2.03. The van der Waals surface area contributed by atoms with Crippen molar-refractivity contribution >= 4 is 0 Å². The van der Waals surface area contributed by atoms with Gasteiger partial charge in [-0.2, -0.15) is 0 Å². The van der Waals surface area contributed by atoms with Crippen LogP contribution in [0.15, 0.2) is 0 Å². The van der Waals surface area contributed by atoms with Crippen LogP contribution in [0.3, 0.4) is 0 Å². The van der Waals surface area contributed by atoms with E-state index in [1.54, 1.807) is 0 Å². The lowest BCUT2D eigenvalue weighted by atomic mass is 10.0. The van der Waals surface area contributed by atoms with Gasteiger partial charge < -0.3 is 14.9 Å². The average Bonchev–Trinajstić information content (AvgIpc) is 2.32.